The SMILES string of the molecule is C[C@H]1CN(C(=O)OC(C)(C)C)CCCN1c1nccc(-c2nn(C)c3c2CCC32CCCCC23OCCO3)n1. The number of aromatic nitrogens is 4. The molecule has 10 nitrogen and oxygen atoms in total. The predicted molar refractivity (Wildman–Crippen MR) is 147 cm³/mol. The van der Waals surface area contributed by atoms with Gasteiger partial charge in [0.25, 0.3) is 0 Å². The topological polar surface area (TPSA) is 94.8 Å². The van der Waals surface area contributed by atoms with Gasteiger partial charge in [0.2, 0.25) is 5.95 Å². The van der Waals surface area contributed by atoms with Gasteiger partial charge < -0.3 is 24.0 Å². The van der Waals surface area contributed by atoms with E-state index >= 15 is 0 Å². The molecule has 0 aromatic carbocycles. The highest BCUT2D eigenvalue weighted by Gasteiger charge is 2.62. The summed E-state index contributed by atoms with van der Waals surface area (Å²) in [5, 5.41) is 5.03. The van der Waals surface area contributed by atoms with Crippen molar-refractivity contribution in [2.24, 2.45) is 7.05 Å². The molecule has 212 valence electrons. The predicted octanol–water partition coefficient (Wildman–Crippen LogP) is 4.21. The molecule has 0 N–H and O–H groups in total. The van der Waals surface area contributed by atoms with Crippen molar-refractivity contribution in [2.75, 3.05) is 37.7 Å². The van der Waals surface area contributed by atoms with E-state index < -0.39 is 11.4 Å². The fraction of sp³-hybridized carbons (Fsp3) is 0.724. The van der Waals surface area contributed by atoms with Crippen LogP contribution < -0.4 is 4.90 Å². The molecule has 2 atom stereocenters. The van der Waals surface area contributed by atoms with Crippen molar-refractivity contribution in [3.63, 3.8) is 0 Å². The van der Waals surface area contributed by atoms with E-state index in [1.54, 1.807) is 4.90 Å². The van der Waals surface area contributed by atoms with Crippen LogP contribution in [0.3, 0.4) is 0 Å². The monoisotopic (exact) mass is 538 g/mol. The van der Waals surface area contributed by atoms with Gasteiger partial charge in [0, 0.05) is 50.9 Å². The third kappa shape index (κ3) is 4.49. The minimum Gasteiger partial charge on any atom is -0.444 e. The van der Waals surface area contributed by atoms with E-state index in [9.17, 15) is 4.79 Å². The molecule has 3 fully saturated rings. The van der Waals surface area contributed by atoms with E-state index in [0.717, 1.165) is 56.5 Å². The molecule has 0 bridgehead atoms. The normalized spacial score (nSPS) is 26.7. The first-order valence-electron chi connectivity index (χ1n) is 14.5. The minimum atomic E-state index is -0.528. The number of nitrogens with zero attached hydrogens (tertiary/aromatic N) is 6. The number of fused-ring (bicyclic) bond motifs is 3. The smallest absolute Gasteiger partial charge is 0.410 e. The van der Waals surface area contributed by atoms with Crippen LogP contribution in [0.5, 0.6) is 0 Å². The zero-order valence-electron chi connectivity index (χ0n) is 24.0. The Morgan fingerprint density at radius 2 is 1.87 bits per heavy atom. The highest BCUT2D eigenvalue weighted by molar-refractivity contribution is 5.68. The molecule has 2 aliphatic heterocycles. The molecule has 2 aromatic heterocycles. The summed E-state index contributed by atoms with van der Waals surface area (Å²) in [4.78, 5) is 26.5. The molecule has 10 heteroatoms. The van der Waals surface area contributed by atoms with E-state index in [0.29, 0.717) is 32.3 Å². The van der Waals surface area contributed by atoms with Crippen molar-refractivity contribution in [1.29, 1.82) is 0 Å². The maximum atomic E-state index is 12.8. The van der Waals surface area contributed by atoms with Crippen LogP contribution in [0, 0.1) is 0 Å². The lowest BCUT2D eigenvalue weighted by molar-refractivity contribution is -0.228. The van der Waals surface area contributed by atoms with E-state index in [-0.39, 0.29) is 17.6 Å². The first kappa shape index (κ1) is 26.5. The Labute approximate surface area is 231 Å². The van der Waals surface area contributed by atoms with Crippen molar-refractivity contribution in [2.45, 2.75) is 95.5 Å². The van der Waals surface area contributed by atoms with Gasteiger partial charge in [0.15, 0.2) is 5.79 Å². The Morgan fingerprint density at radius 1 is 1.10 bits per heavy atom. The number of hydrogen-bond donors (Lipinski definition) is 0. The molecule has 4 aliphatic rings. The molecule has 2 saturated heterocycles. The second-order valence-corrected chi connectivity index (χ2v) is 12.6. The molecule has 4 heterocycles. The first-order valence-corrected chi connectivity index (χ1v) is 14.5. The van der Waals surface area contributed by atoms with Gasteiger partial charge >= 0.3 is 6.09 Å². The number of carbonyl (C=O) groups excluding carboxylic acids is 1. The number of carbonyl (C=O) groups is 1. The molecular formula is C29H42N6O4. The molecule has 2 spiro atoms. The molecule has 1 unspecified atom stereocenters. The van der Waals surface area contributed by atoms with Gasteiger partial charge in [0.1, 0.15) is 11.3 Å². The third-order valence-corrected chi connectivity index (χ3v) is 8.88. The average Bonchev–Trinajstić information content (AvgIpc) is 3.56. The minimum absolute atomic E-state index is 0.0479. The summed E-state index contributed by atoms with van der Waals surface area (Å²) in [6.07, 6.45) is 8.67. The molecule has 1 saturated carbocycles. The second-order valence-electron chi connectivity index (χ2n) is 12.6. The molecule has 6 rings (SSSR count). The molecule has 1 amide bonds. The molecular weight excluding hydrogens is 496 g/mol. The lowest BCUT2D eigenvalue weighted by Crippen LogP contribution is -2.54. The Morgan fingerprint density at radius 3 is 2.64 bits per heavy atom. The van der Waals surface area contributed by atoms with E-state index in [1.165, 1.54) is 17.7 Å². The van der Waals surface area contributed by atoms with Crippen LogP contribution in [0.2, 0.25) is 0 Å². The Bertz CT molecular complexity index is 1230. The fourth-order valence-electron chi connectivity index (χ4n) is 7.34. The molecule has 2 aliphatic carbocycles. The van der Waals surface area contributed by atoms with Crippen molar-refractivity contribution < 1.29 is 19.0 Å². The van der Waals surface area contributed by atoms with Crippen molar-refractivity contribution in [3.05, 3.63) is 23.5 Å². The summed E-state index contributed by atoms with van der Waals surface area (Å²) in [6.45, 7) is 11.1. The van der Waals surface area contributed by atoms with E-state index in [1.807, 2.05) is 33.0 Å². The molecule has 2 aromatic rings. The second kappa shape index (κ2) is 9.73. The number of hydrogen-bond acceptors (Lipinski definition) is 8. The third-order valence-electron chi connectivity index (χ3n) is 8.88. The highest BCUT2D eigenvalue weighted by atomic mass is 16.7. The number of amides is 1. The molecule has 0 radical (unpaired) electrons. The van der Waals surface area contributed by atoms with Crippen LogP contribution >= 0.6 is 0 Å². The van der Waals surface area contributed by atoms with Gasteiger partial charge in [-0.3, -0.25) is 4.68 Å². The van der Waals surface area contributed by atoms with Gasteiger partial charge in [-0.1, -0.05) is 6.42 Å². The van der Waals surface area contributed by atoms with Crippen LogP contribution in [0.25, 0.3) is 11.4 Å². The summed E-state index contributed by atoms with van der Waals surface area (Å²) >= 11 is 0. The summed E-state index contributed by atoms with van der Waals surface area (Å²) < 4.78 is 20.5. The largest absolute Gasteiger partial charge is 0.444 e. The Balaban J connectivity index is 1.28. The summed E-state index contributed by atoms with van der Waals surface area (Å²) in [7, 11) is 2.05. The van der Waals surface area contributed by atoms with Gasteiger partial charge in [-0.05, 0) is 65.9 Å². The van der Waals surface area contributed by atoms with Crippen molar-refractivity contribution in [3.8, 4) is 11.4 Å². The van der Waals surface area contributed by atoms with Crippen LogP contribution in [0.4, 0.5) is 10.7 Å². The maximum Gasteiger partial charge on any atom is 0.410 e. The zero-order chi connectivity index (χ0) is 27.4. The summed E-state index contributed by atoms with van der Waals surface area (Å²) in [5.74, 6) is 0.148. The molecule has 39 heavy (non-hydrogen) atoms. The average molecular weight is 539 g/mol. The van der Waals surface area contributed by atoms with Gasteiger partial charge in [0.05, 0.1) is 30.0 Å². The first-order chi connectivity index (χ1) is 18.6. The Kier molecular flexibility index (Phi) is 6.61. The highest BCUT2D eigenvalue weighted by Crippen LogP contribution is 2.58. The lowest BCUT2D eigenvalue weighted by atomic mass is 9.67. The van der Waals surface area contributed by atoms with Crippen LogP contribution in [-0.4, -0.2) is 81.0 Å². The summed E-state index contributed by atoms with van der Waals surface area (Å²) in [5.41, 5.74) is 3.63. The van der Waals surface area contributed by atoms with Crippen molar-refractivity contribution in [1.82, 2.24) is 24.6 Å². The fourth-order valence-corrected chi connectivity index (χ4v) is 7.34. The quantitative estimate of drug-likeness (QED) is 0.561. The number of rotatable bonds is 2. The van der Waals surface area contributed by atoms with Crippen LogP contribution in [0.15, 0.2) is 12.3 Å². The standard InChI is InChI=1S/C29H42N6O4/c1-20-19-34(26(36)39-27(2,3)4)15-8-16-35(20)25-30-14-10-22(31-25)23-21-9-13-28(24(21)33(5)32-23)11-6-7-12-29(28)37-17-18-38-29/h10,14,20H,6-9,11-13,15-19H2,1-5H3/t20-,28?/m0/s1. The van der Waals surface area contributed by atoms with Crippen molar-refractivity contribution >= 4 is 12.0 Å². The summed E-state index contributed by atoms with van der Waals surface area (Å²) in [6, 6.07) is 2.01. The van der Waals surface area contributed by atoms with E-state index in [2.05, 4.69) is 28.5 Å². The van der Waals surface area contributed by atoms with E-state index in [4.69, 9.17) is 24.3 Å². The van der Waals surface area contributed by atoms with Gasteiger partial charge in [-0.25, -0.2) is 14.8 Å². The van der Waals surface area contributed by atoms with Gasteiger partial charge in [-0.15, -0.1) is 0 Å². The maximum absolute atomic E-state index is 12.8. The Hall–Kier alpha value is -2.72. The van der Waals surface area contributed by atoms with Gasteiger partial charge in [-0.2, -0.15) is 5.10 Å². The van der Waals surface area contributed by atoms with Crippen LogP contribution in [0.1, 0.15) is 77.5 Å². The lowest BCUT2D eigenvalue weighted by Gasteiger charge is -2.48. The number of aryl methyl sites for hydroxylation is 1. The van der Waals surface area contributed by atoms with Crippen LogP contribution in [-0.2, 0) is 33.1 Å². The number of anilines is 1. The number of ether oxygens (including phenoxy) is 3. The zero-order valence-corrected chi connectivity index (χ0v) is 24.0.